The van der Waals surface area contributed by atoms with E-state index in [-0.39, 0.29) is 11.6 Å². The lowest BCUT2D eigenvalue weighted by molar-refractivity contribution is 0.0880. The second-order valence-corrected chi connectivity index (χ2v) is 5.75. The first kappa shape index (κ1) is 13.3. The Labute approximate surface area is 119 Å². The minimum absolute atomic E-state index is 0.0160. The predicted octanol–water partition coefficient (Wildman–Crippen LogP) is 2.47. The number of nitrogens with zero attached hydrogens (tertiary/aromatic N) is 1. The minimum atomic E-state index is 0.0160. The maximum absolute atomic E-state index is 6.11. The predicted molar refractivity (Wildman–Crippen MR) is 81.4 cm³/mol. The van der Waals surface area contributed by atoms with E-state index in [2.05, 4.69) is 24.1 Å². The van der Waals surface area contributed by atoms with E-state index >= 15 is 0 Å². The van der Waals surface area contributed by atoms with Crippen molar-refractivity contribution in [3.05, 3.63) is 36.0 Å². The van der Waals surface area contributed by atoms with Crippen molar-refractivity contribution in [2.75, 3.05) is 12.3 Å². The van der Waals surface area contributed by atoms with Crippen LogP contribution in [0.3, 0.4) is 0 Å². The topological polar surface area (TPSA) is 60.2 Å². The largest absolute Gasteiger partial charge is 0.398 e. The van der Waals surface area contributed by atoms with Gasteiger partial charge in [0.15, 0.2) is 0 Å². The van der Waals surface area contributed by atoms with Gasteiger partial charge in [0.25, 0.3) is 0 Å². The number of nitrogens with two attached hydrogens (primary N) is 1. The Kier molecular flexibility index (Phi) is 3.36. The van der Waals surface area contributed by atoms with Crippen LogP contribution in [0.5, 0.6) is 0 Å². The molecule has 2 unspecified atom stereocenters. The fourth-order valence-corrected chi connectivity index (χ4v) is 2.71. The number of hydrogen-bond acceptors (Lipinski definition) is 4. The SMILES string of the molecule is CC1OCCC1(C)NCc1cc(N)c2ccccc2n1. The Hall–Kier alpha value is -1.65. The summed E-state index contributed by atoms with van der Waals surface area (Å²) in [6.07, 6.45) is 1.25. The van der Waals surface area contributed by atoms with E-state index in [0.29, 0.717) is 6.54 Å². The van der Waals surface area contributed by atoms with Gasteiger partial charge in [-0.05, 0) is 32.4 Å². The summed E-state index contributed by atoms with van der Waals surface area (Å²) in [6.45, 7) is 5.84. The molecule has 4 heteroatoms. The van der Waals surface area contributed by atoms with Crippen molar-refractivity contribution in [1.82, 2.24) is 10.3 Å². The van der Waals surface area contributed by atoms with Crippen LogP contribution in [0.25, 0.3) is 10.9 Å². The van der Waals surface area contributed by atoms with Crippen LogP contribution in [-0.4, -0.2) is 23.2 Å². The molecule has 2 heterocycles. The van der Waals surface area contributed by atoms with E-state index < -0.39 is 0 Å². The van der Waals surface area contributed by atoms with Crippen LogP contribution in [0.1, 0.15) is 26.0 Å². The van der Waals surface area contributed by atoms with Gasteiger partial charge in [0.2, 0.25) is 0 Å². The smallest absolute Gasteiger partial charge is 0.0726 e. The van der Waals surface area contributed by atoms with Gasteiger partial charge in [0, 0.05) is 29.8 Å². The Morgan fingerprint density at radius 3 is 3.00 bits per heavy atom. The molecule has 0 saturated carbocycles. The average Bonchev–Trinajstić information content (AvgIpc) is 2.77. The van der Waals surface area contributed by atoms with Crippen LogP contribution in [0.2, 0.25) is 0 Å². The van der Waals surface area contributed by atoms with Crippen molar-refractivity contribution in [3.63, 3.8) is 0 Å². The molecule has 0 bridgehead atoms. The van der Waals surface area contributed by atoms with Gasteiger partial charge in [-0.25, -0.2) is 0 Å². The molecule has 0 aliphatic carbocycles. The number of aromatic nitrogens is 1. The fourth-order valence-electron chi connectivity index (χ4n) is 2.71. The number of benzene rings is 1. The Morgan fingerprint density at radius 2 is 2.25 bits per heavy atom. The zero-order valence-electron chi connectivity index (χ0n) is 12.0. The van der Waals surface area contributed by atoms with Crippen LogP contribution in [0.15, 0.2) is 30.3 Å². The van der Waals surface area contributed by atoms with Gasteiger partial charge < -0.3 is 15.8 Å². The number of rotatable bonds is 3. The molecule has 1 fully saturated rings. The maximum atomic E-state index is 6.11. The number of ether oxygens (including phenoxy) is 1. The molecule has 2 aromatic rings. The molecule has 3 rings (SSSR count). The highest BCUT2D eigenvalue weighted by Crippen LogP contribution is 2.26. The highest BCUT2D eigenvalue weighted by atomic mass is 16.5. The second-order valence-electron chi connectivity index (χ2n) is 5.75. The van der Waals surface area contributed by atoms with Gasteiger partial charge in [-0.3, -0.25) is 4.98 Å². The third-order valence-electron chi connectivity index (χ3n) is 4.36. The van der Waals surface area contributed by atoms with Crippen LogP contribution in [0.4, 0.5) is 5.69 Å². The lowest BCUT2D eigenvalue weighted by Gasteiger charge is -2.29. The summed E-state index contributed by atoms with van der Waals surface area (Å²) in [6, 6.07) is 9.93. The van der Waals surface area contributed by atoms with Gasteiger partial charge in [0.1, 0.15) is 0 Å². The highest BCUT2D eigenvalue weighted by Gasteiger charge is 2.36. The monoisotopic (exact) mass is 271 g/mol. The summed E-state index contributed by atoms with van der Waals surface area (Å²) < 4.78 is 5.64. The number of fused-ring (bicyclic) bond motifs is 1. The first-order valence-corrected chi connectivity index (χ1v) is 7.09. The molecule has 1 aromatic heterocycles. The normalized spacial score (nSPS) is 26.2. The zero-order chi connectivity index (χ0) is 14.2. The van der Waals surface area contributed by atoms with Gasteiger partial charge in [-0.15, -0.1) is 0 Å². The third-order valence-corrected chi connectivity index (χ3v) is 4.36. The molecule has 4 nitrogen and oxygen atoms in total. The summed E-state index contributed by atoms with van der Waals surface area (Å²) in [4.78, 5) is 4.67. The summed E-state index contributed by atoms with van der Waals surface area (Å²) >= 11 is 0. The highest BCUT2D eigenvalue weighted by molar-refractivity contribution is 5.90. The molecule has 0 radical (unpaired) electrons. The van der Waals surface area contributed by atoms with Crippen LogP contribution in [0, 0.1) is 0 Å². The molecule has 20 heavy (non-hydrogen) atoms. The molecular formula is C16H21N3O. The average molecular weight is 271 g/mol. The van der Waals surface area contributed by atoms with Crippen molar-refractivity contribution >= 4 is 16.6 Å². The first-order chi connectivity index (χ1) is 9.58. The Bertz CT molecular complexity index is 628. The van der Waals surface area contributed by atoms with E-state index in [9.17, 15) is 0 Å². The van der Waals surface area contributed by atoms with Gasteiger partial charge >= 0.3 is 0 Å². The zero-order valence-corrected chi connectivity index (χ0v) is 12.0. The van der Waals surface area contributed by atoms with Crippen LogP contribution >= 0.6 is 0 Å². The van der Waals surface area contributed by atoms with Crippen molar-refractivity contribution in [1.29, 1.82) is 0 Å². The fraction of sp³-hybridized carbons (Fsp3) is 0.438. The van der Waals surface area contributed by atoms with Crippen molar-refractivity contribution in [2.24, 2.45) is 0 Å². The Balaban J connectivity index is 1.81. The molecule has 1 aliphatic rings. The first-order valence-electron chi connectivity index (χ1n) is 7.09. The van der Waals surface area contributed by atoms with Gasteiger partial charge in [0.05, 0.1) is 17.3 Å². The number of hydrogen-bond donors (Lipinski definition) is 2. The molecule has 2 atom stereocenters. The van der Waals surface area contributed by atoms with E-state index in [4.69, 9.17) is 10.5 Å². The van der Waals surface area contributed by atoms with Crippen LogP contribution in [-0.2, 0) is 11.3 Å². The molecule has 1 aromatic carbocycles. The summed E-state index contributed by atoms with van der Waals surface area (Å²) in [7, 11) is 0. The maximum Gasteiger partial charge on any atom is 0.0726 e. The number of nitrogens with one attached hydrogen (secondary N) is 1. The van der Waals surface area contributed by atoms with Crippen molar-refractivity contribution in [3.8, 4) is 0 Å². The van der Waals surface area contributed by atoms with Crippen molar-refractivity contribution < 1.29 is 4.74 Å². The number of anilines is 1. The van der Waals surface area contributed by atoms with Crippen molar-refractivity contribution in [2.45, 2.75) is 38.5 Å². The quantitative estimate of drug-likeness (QED) is 0.900. The van der Waals surface area contributed by atoms with E-state index in [1.807, 2.05) is 30.3 Å². The second kappa shape index (κ2) is 5.04. The lowest BCUT2D eigenvalue weighted by atomic mass is 9.94. The van der Waals surface area contributed by atoms with Crippen LogP contribution < -0.4 is 11.1 Å². The van der Waals surface area contributed by atoms with E-state index in [1.165, 1.54) is 0 Å². The van der Waals surface area contributed by atoms with Gasteiger partial charge in [-0.2, -0.15) is 0 Å². The molecule has 0 spiro atoms. The molecule has 0 amide bonds. The standard InChI is InChI=1S/C16H21N3O/c1-11-16(2,7-8-20-11)18-10-12-9-14(17)13-5-3-4-6-15(13)19-12/h3-6,9,11,18H,7-8,10H2,1-2H3,(H2,17,19). The molecule has 106 valence electrons. The van der Waals surface area contributed by atoms with E-state index in [1.54, 1.807) is 0 Å². The summed E-state index contributed by atoms with van der Waals surface area (Å²) in [5, 5.41) is 4.59. The lowest BCUT2D eigenvalue weighted by Crippen LogP contribution is -2.47. The summed E-state index contributed by atoms with van der Waals surface area (Å²) in [5.41, 5.74) is 8.83. The van der Waals surface area contributed by atoms with Gasteiger partial charge in [-0.1, -0.05) is 18.2 Å². The minimum Gasteiger partial charge on any atom is -0.398 e. The molecule has 1 aliphatic heterocycles. The number of pyridine rings is 1. The third kappa shape index (κ3) is 2.37. The Morgan fingerprint density at radius 1 is 1.45 bits per heavy atom. The number of para-hydroxylation sites is 1. The summed E-state index contributed by atoms with van der Waals surface area (Å²) in [5.74, 6) is 0. The van der Waals surface area contributed by atoms with E-state index in [0.717, 1.165) is 35.3 Å². The molecule has 3 N–H and O–H groups in total. The number of nitrogen functional groups attached to an aromatic ring is 1. The molecule has 1 saturated heterocycles. The molecular weight excluding hydrogens is 250 g/mol.